The Morgan fingerprint density at radius 1 is 1.47 bits per heavy atom. The normalized spacial score (nSPS) is 10.7. The Labute approximate surface area is 92.1 Å². The van der Waals surface area contributed by atoms with Gasteiger partial charge in [-0.2, -0.15) is 0 Å². The summed E-state index contributed by atoms with van der Waals surface area (Å²) in [5.74, 6) is -0.0768. The first kappa shape index (κ1) is 12.1. The molecule has 4 heteroatoms. The first-order chi connectivity index (χ1) is 7.10. The summed E-state index contributed by atoms with van der Waals surface area (Å²) in [7, 11) is 0. The molecule has 0 heterocycles. The van der Waals surface area contributed by atoms with Crippen LogP contribution >= 0.6 is 11.6 Å². The maximum Gasteiger partial charge on any atom is 0.264 e. The van der Waals surface area contributed by atoms with Gasteiger partial charge in [-0.1, -0.05) is 19.1 Å². The molecule has 15 heavy (non-hydrogen) atoms. The van der Waals surface area contributed by atoms with Gasteiger partial charge in [0.15, 0.2) is 5.78 Å². The second-order valence-corrected chi connectivity index (χ2v) is 3.39. The summed E-state index contributed by atoms with van der Waals surface area (Å²) in [5, 5.41) is 0. The lowest BCUT2D eigenvalue weighted by molar-refractivity contribution is 0.0987. The molecule has 1 aromatic rings. The summed E-state index contributed by atoms with van der Waals surface area (Å²) in [6.07, 6.45) is -2.19. The molecule has 1 aromatic carbocycles. The maximum atomic E-state index is 12.5. The van der Waals surface area contributed by atoms with Crippen LogP contribution < -0.4 is 0 Å². The number of halogens is 3. The molecule has 0 aliphatic heterocycles. The van der Waals surface area contributed by atoms with E-state index in [1.165, 1.54) is 18.2 Å². The van der Waals surface area contributed by atoms with Gasteiger partial charge >= 0.3 is 0 Å². The average Bonchev–Trinajstić information content (AvgIpc) is 2.26. The van der Waals surface area contributed by atoms with Gasteiger partial charge < -0.3 is 0 Å². The molecule has 0 radical (unpaired) electrons. The number of carbonyl (C=O) groups is 1. The Bertz CT molecular complexity index is 364. The van der Waals surface area contributed by atoms with Crippen molar-refractivity contribution in [3.8, 4) is 0 Å². The van der Waals surface area contributed by atoms with Gasteiger partial charge in [-0.25, -0.2) is 8.78 Å². The molecule has 1 rings (SSSR count). The fraction of sp³-hybridized carbons (Fsp3) is 0.364. The fourth-order valence-electron chi connectivity index (χ4n) is 1.31. The molecule has 0 bridgehead atoms. The van der Waals surface area contributed by atoms with E-state index >= 15 is 0 Å². The Morgan fingerprint density at radius 2 is 2.13 bits per heavy atom. The lowest BCUT2D eigenvalue weighted by atomic mass is 10.0. The minimum absolute atomic E-state index is 0.00942. The van der Waals surface area contributed by atoms with E-state index in [9.17, 15) is 13.6 Å². The largest absolute Gasteiger partial charge is 0.294 e. The summed E-state index contributed by atoms with van der Waals surface area (Å²) in [6, 6.07) is 4.13. The van der Waals surface area contributed by atoms with E-state index in [2.05, 4.69) is 0 Å². The van der Waals surface area contributed by atoms with E-state index in [0.717, 1.165) is 0 Å². The first-order valence-corrected chi connectivity index (χ1v) is 5.13. The number of hydrogen-bond donors (Lipinski definition) is 0. The van der Waals surface area contributed by atoms with Crippen LogP contribution in [0, 0.1) is 0 Å². The van der Waals surface area contributed by atoms with Gasteiger partial charge in [-0.3, -0.25) is 4.79 Å². The second-order valence-electron chi connectivity index (χ2n) is 3.12. The summed E-state index contributed by atoms with van der Waals surface area (Å²) in [6.45, 7) is 1.73. The van der Waals surface area contributed by atoms with Crippen molar-refractivity contribution >= 4 is 17.4 Å². The SMILES string of the molecule is CCC(=O)c1ccc(C(F)F)c(CCl)c1. The Morgan fingerprint density at radius 3 is 2.60 bits per heavy atom. The zero-order chi connectivity index (χ0) is 11.4. The third-order valence-corrected chi connectivity index (χ3v) is 2.45. The Hall–Kier alpha value is -0.960. The first-order valence-electron chi connectivity index (χ1n) is 4.60. The van der Waals surface area contributed by atoms with E-state index in [1.807, 2.05) is 0 Å². The van der Waals surface area contributed by atoms with Crippen LogP contribution in [0.2, 0.25) is 0 Å². The Kier molecular flexibility index (Phi) is 4.21. The quantitative estimate of drug-likeness (QED) is 0.567. The predicted molar refractivity (Wildman–Crippen MR) is 55.6 cm³/mol. The number of carbonyl (C=O) groups excluding carboxylic acids is 1. The third-order valence-electron chi connectivity index (χ3n) is 2.17. The van der Waals surface area contributed by atoms with Crippen LogP contribution in [0.1, 0.15) is 41.3 Å². The molecule has 0 fully saturated rings. The molecule has 1 nitrogen and oxygen atoms in total. The highest BCUT2D eigenvalue weighted by molar-refractivity contribution is 6.17. The minimum Gasteiger partial charge on any atom is -0.294 e. The molecule has 0 unspecified atom stereocenters. The van der Waals surface area contributed by atoms with Crippen LogP contribution in [-0.2, 0) is 5.88 Å². The van der Waals surface area contributed by atoms with Crippen molar-refractivity contribution in [1.29, 1.82) is 0 Å². The minimum atomic E-state index is -2.55. The third kappa shape index (κ3) is 2.75. The number of alkyl halides is 3. The van der Waals surface area contributed by atoms with Gasteiger partial charge in [-0.15, -0.1) is 11.6 Å². The van der Waals surface area contributed by atoms with Gasteiger partial charge in [0.25, 0.3) is 6.43 Å². The molecule has 0 aliphatic carbocycles. The predicted octanol–water partition coefficient (Wildman–Crippen LogP) is 3.96. The van der Waals surface area contributed by atoms with Crippen molar-refractivity contribution in [3.05, 3.63) is 34.9 Å². The Balaban J connectivity index is 3.13. The highest BCUT2D eigenvalue weighted by atomic mass is 35.5. The maximum absolute atomic E-state index is 12.5. The van der Waals surface area contributed by atoms with Crippen molar-refractivity contribution < 1.29 is 13.6 Å². The van der Waals surface area contributed by atoms with E-state index in [4.69, 9.17) is 11.6 Å². The van der Waals surface area contributed by atoms with Crippen molar-refractivity contribution in [2.24, 2.45) is 0 Å². The summed E-state index contributed by atoms with van der Waals surface area (Å²) < 4.78 is 25.0. The summed E-state index contributed by atoms with van der Waals surface area (Å²) in [4.78, 5) is 11.3. The van der Waals surface area contributed by atoms with Gasteiger partial charge in [0.2, 0.25) is 0 Å². The summed E-state index contributed by atoms with van der Waals surface area (Å²) >= 11 is 5.55. The number of ketones is 1. The molecule has 0 N–H and O–H groups in total. The highest BCUT2D eigenvalue weighted by Crippen LogP contribution is 2.25. The molecule has 0 aromatic heterocycles. The van der Waals surface area contributed by atoms with Crippen molar-refractivity contribution in [2.75, 3.05) is 0 Å². The molecule has 0 saturated carbocycles. The van der Waals surface area contributed by atoms with Crippen LogP contribution in [-0.4, -0.2) is 5.78 Å². The van der Waals surface area contributed by atoms with Gasteiger partial charge in [-0.05, 0) is 11.6 Å². The van der Waals surface area contributed by atoms with Crippen molar-refractivity contribution in [1.82, 2.24) is 0 Å². The standard InChI is InChI=1S/C11H11ClF2O/c1-2-10(15)7-3-4-9(11(13)14)8(5-7)6-12/h3-5,11H,2,6H2,1H3. The van der Waals surface area contributed by atoms with Crippen LogP contribution in [0.15, 0.2) is 18.2 Å². The van der Waals surface area contributed by atoms with Crippen LogP contribution in [0.5, 0.6) is 0 Å². The topological polar surface area (TPSA) is 17.1 Å². The molecule has 0 spiro atoms. The van der Waals surface area contributed by atoms with Gasteiger partial charge in [0, 0.05) is 23.4 Å². The van der Waals surface area contributed by atoms with E-state index in [1.54, 1.807) is 6.92 Å². The number of benzene rings is 1. The highest BCUT2D eigenvalue weighted by Gasteiger charge is 2.14. The fourth-order valence-corrected chi connectivity index (χ4v) is 1.54. The van der Waals surface area contributed by atoms with Crippen LogP contribution in [0.4, 0.5) is 8.78 Å². The number of hydrogen-bond acceptors (Lipinski definition) is 1. The molecular formula is C11H11ClF2O. The molecule has 0 atom stereocenters. The van der Waals surface area contributed by atoms with Crippen molar-refractivity contribution in [2.45, 2.75) is 25.7 Å². The van der Waals surface area contributed by atoms with Gasteiger partial charge in [0.05, 0.1) is 0 Å². The van der Waals surface area contributed by atoms with Crippen molar-refractivity contribution in [3.63, 3.8) is 0 Å². The van der Waals surface area contributed by atoms with Gasteiger partial charge in [0.1, 0.15) is 0 Å². The zero-order valence-electron chi connectivity index (χ0n) is 8.27. The molecule has 82 valence electrons. The molecule has 0 amide bonds. The lowest BCUT2D eigenvalue weighted by Crippen LogP contribution is -2.00. The van der Waals surface area contributed by atoms with Crippen LogP contribution in [0.25, 0.3) is 0 Å². The molecule has 0 saturated heterocycles. The monoisotopic (exact) mass is 232 g/mol. The zero-order valence-corrected chi connectivity index (χ0v) is 9.02. The van der Waals surface area contributed by atoms with E-state index in [0.29, 0.717) is 17.5 Å². The van der Waals surface area contributed by atoms with E-state index < -0.39 is 6.43 Å². The lowest BCUT2D eigenvalue weighted by Gasteiger charge is -2.07. The average molecular weight is 233 g/mol. The molecule has 0 aliphatic rings. The second kappa shape index (κ2) is 5.21. The number of Topliss-reactive ketones (excluding diaryl/α,β-unsaturated/α-hetero) is 1. The molecular weight excluding hydrogens is 222 g/mol. The van der Waals surface area contributed by atoms with E-state index in [-0.39, 0.29) is 17.2 Å². The smallest absolute Gasteiger partial charge is 0.264 e. The number of rotatable bonds is 4. The summed E-state index contributed by atoms with van der Waals surface area (Å²) in [5.41, 5.74) is 0.668. The van der Waals surface area contributed by atoms with Crippen LogP contribution in [0.3, 0.4) is 0 Å².